The number of carbonyl (C=O) groups excluding carboxylic acids is 2. The van der Waals surface area contributed by atoms with Gasteiger partial charge in [0.2, 0.25) is 11.8 Å². The van der Waals surface area contributed by atoms with Crippen molar-refractivity contribution in [2.75, 3.05) is 25.0 Å². The van der Waals surface area contributed by atoms with Crippen molar-refractivity contribution in [3.05, 3.63) is 48.7 Å². The average molecular weight is 353 g/mol. The lowest BCUT2D eigenvalue weighted by Crippen LogP contribution is -2.35. The van der Waals surface area contributed by atoms with Gasteiger partial charge in [0.05, 0.1) is 31.2 Å². The Morgan fingerprint density at radius 3 is 2.88 bits per heavy atom. The number of amides is 2. The number of carbonyl (C=O) groups is 2. The van der Waals surface area contributed by atoms with E-state index in [0.29, 0.717) is 25.5 Å². The molecule has 2 fully saturated rings. The summed E-state index contributed by atoms with van der Waals surface area (Å²) in [5.41, 5.74) is 0.743. The van der Waals surface area contributed by atoms with Gasteiger partial charge in [0.25, 0.3) is 0 Å². The molecule has 134 valence electrons. The van der Waals surface area contributed by atoms with E-state index in [9.17, 15) is 9.59 Å². The van der Waals surface area contributed by atoms with Crippen LogP contribution in [-0.4, -0.2) is 57.5 Å². The van der Waals surface area contributed by atoms with E-state index in [1.54, 1.807) is 17.3 Å². The minimum atomic E-state index is -0.297. The number of nitrogens with zero attached hydrogens (tertiary/aromatic N) is 4. The summed E-state index contributed by atoms with van der Waals surface area (Å²) >= 11 is 0. The molecule has 26 heavy (non-hydrogen) atoms. The average Bonchev–Trinajstić information content (AvgIpc) is 3.24. The molecule has 4 heterocycles. The van der Waals surface area contributed by atoms with Gasteiger partial charge in [-0.1, -0.05) is 6.07 Å². The van der Waals surface area contributed by atoms with Crippen LogP contribution >= 0.6 is 0 Å². The van der Waals surface area contributed by atoms with Crippen LogP contribution in [0.15, 0.2) is 43.0 Å². The topological polar surface area (TPSA) is 97.3 Å². The first kappa shape index (κ1) is 16.6. The maximum atomic E-state index is 12.6. The Balaban J connectivity index is 1.37. The maximum absolute atomic E-state index is 12.6. The van der Waals surface area contributed by atoms with Gasteiger partial charge in [-0.3, -0.25) is 19.6 Å². The first-order valence-electron chi connectivity index (χ1n) is 8.57. The molecule has 2 amide bonds. The number of fused-ring (bicyclic) bond motifs is 1. The zero-order chi connectivity index (χ0) is 17.9. The monoisotopic (exact) mass is 353 g/mol. The first-order chi connectivity index (χ1) is 12.7. The molecule has 0 aliphatic carbocycles. The number of likely N-dealkylation sites (tertiary alicyclic amines) is 1. The van der Waals surface area contributed by atoms with Gasteiger partial charge in [-0.05, 0) is 12.1 Å². The summed E-state index contributed by atoms with van der Waals surface area (Å²) in [6.45, 7) is 1.41. The standard InChI is InChI=1S/C18H19N5O3/c24-17(7-12-3-1-2-4-20-12)23-9-13-14(11-26-15(13)10-23)18(25)22-16-8-19-5-6-21-16/h1-6,8,13-15H,7,9-11H2,(H,21,22,25)/t13-,14-,15-/m1/s1. The Kier molecular flexibility index (Phi) is 4.57. The molecule has 0 saturated carbocycles. The number of ether oxygens (including phenoxy) is 1. The van der Waals surface area contributed by atoms with E-state index in [0.717, 1.165) is 5.69 Å². The Morgan fingerprint density at radius 2 is 2.12 bits per heavy atom. The quantitative estimate of drug-likeness (QED) is 0.861. The number of nitrogens with one attached hydrogen (secondary N) is 1. The molecule has 2 aromatic heterocycles. The normalized spacial score (nSPS) is 24.3. The fraction of sp³-hybridized carbons (Fsp3) is 0.389. The Hall–Kier alpha value is -2.87. The van der Waals surface area contributed by atoms with Crippen LogP contribution in [0.5, 0.6) is 0 Å². The minimum Gasteiger partial charge on any atom is -0.375 e. The molecule has 2 aromatic rings. The van der Waals surface area contributed by atoms with Crippen LogP contribution in [-0.2, 0) is 20.7 Å². The molecular formula is C18H19N5O3. The molecule has 0 aromatic carbocycles. The van der Waals surface area contributed by atoms with Gasteiger partial charge in [0.1, 0.15) is 0 Å². The summed E-state index contributed by atoms with van der Waals surface area (Å²) in [5.74, 6) is -0.0112. The fourth-order valence-electron chi connectivity index (χ4n) is 3.54. The lowest BCUT2D eigenvalue weighted by Gasteiger charge is -2.19. The highest BCUT2D eigenvalue weighted by atomic mass is 16.5. The number of anilines is 1. The van der Waals surface area contributed by atoms with Crippen molar-refractivity contribution in [2.45, 2.75) is 12.5 Å². The summed E-state index contributed by atoms with van der Waals surface area (Å²) < 4.78 is 5.77. The molecule has 4 rings (SSSR count). The number of hydrogen-bond donors (Lipinski definition) is 1. The van der Waals surface area contributed by atoms with Gasteiger partial charge in [0, 0.05) is 43.3 Å². The zero-order valence-corrected chi connectivity index (χ0v) is 14.1. The third-order valence-corrected chi connectivity index (χ3v) is 4.88. The van der Waals surface area contributed by atoms with E-state index in [1.165, 1.54) is 12.4 Å². The van der Waals surface area contributed by atoms with Gasteiger partial charge >= 0.3 is 0 Å². The van der Waals surface area contributed by atoms with Gasteiger partial charge in [-0.15, -0.1) is 0 Å². The summed E-state index contributed by atoms with van der Waals surface area (Å²) in [6.07, 6.45) is 6.42. The maximum Gasteiger partial charge on any atom is 0.231 e. The summed E-state index contributed by atoms with van der Waals surface area (Å²) in [5, 5.41) is 2.77. The molecule has 8 heteroatoms. The zero-order valence-electron chi connectivity index (χ0n) is 14.1. The lowest BCUT2D eigenvalue weighted by atomic mass is 9.92. The van der Waals surface area contributed by atoms with E-state index >= 15 is 0 Å². The minimum absolute atomic E-state index is 0.000598. The smallest absolute Gasteiger partial charge is 0.231 e. The Morgan fingerprint density at radius 1 is 1.19 bits per heavy atom. The highest BCUT2D eigenvalue weighted by Gasteiger charge is 2.48. The summed E-state index contributed by atoms with van der Waals surface area (Å²) in [7, 11) is 0. The third-order valence-electron chi connectivity index (χ3n) is 4.88. The number of pyridine rings is 1. The molecule has 2 aliphatic heterocycles. The van der Waals surface area contributed by atoms with Gasteiger partial charge < -0.3 is 15.0 Å². The molecule has 0 radical (unpaired) electrons. The van der Waals surface area contributed by atoms with Gasteiger partial charge in [-0.25, -0.2) is 4.98 Å². The summed E-state index contributed by atoms with van der Waals surface area (Å²) in [6, 6.07) is 5.52. The largest absolute Gasteiger partial charge is 0.375 e. The lowest BCUT2D eigenvalue weighted by molar-refractivity contribution is -0.131. The SMILES string of the molecule is O=C(Nc1cnccn1)[C@@H]1CO[C@@H]2CN(C(=O)Cc3ccccn3)C[C@@H]21. The number of aromatic nitrogens is 3. The van der Waals surface area contributed by atoms with Crippen molar-refractivity contribution in [1.29, 1.82) is 0 Å². The van der Waals surface area contributed by atoms with Crippen molar-refractivity contribution in [2.24, 2.45) is 11.8 Å². The van der Waals surface area contributed by atoms with Crippen LogP contribution in [0.25, 0.3) is 0 Å². The molecule has 3 atom stereocenters. The molecule has 2 aliphatic rings. The van der Waals surface area contributed by atoms with Crippen LogP contribution < -0.4 is 5.32 Å². The second kappa shape index (κ2) is 7.17. The van der Waals surface area contributed by atoms with Gasteiger partial charge in [-0.2, -0.15) is 0 Å². The van der Waals surface area contributed by atoms with Crippen LogP contribution in [0, 0.1) is 11.8 Å². The van der Waals surface area contributed by atoms with Crippen molar-refractivity contribution in [1.82, 2.24) is 19.9 Å². The van der Waals surface area contributed by atoms with E-state index in [1.807, 2.05) is 18.2 Å². The van der Waals surface area contributed by atoms with Crippen LogP contribution in [0.3, 0.4) is 0 Å². The molecule has 8 nitrogen and oxygen atoms in total. The number of hydrogen-bond acceptors (Lipinski definition) is 6. The Bertz CT molecular complexity index is 786. The van der Waals surface area contributed by atoms with Crippen LogP contribution in [0.2, 0.25) is 0 Å². The molecule has 0 unspecified atom stereocenters. The number of rotatable bonds is 4. The second-order valence-electron chi connectivity index (χ2n) is 6.52. The predicted molar refractivity (Wildman–Crippen MR) is 91.9 cm³/mol. The van der Waals surface area contributed by atoms with Crippen molar-refractivity contribution in [3.63, 3.8) is 0 Å². The van der Waals surface area contributed by atoms with Crippen molar-refractivity contribution >= 4 is 17.6 Å². The van der Waals surface area contributed by atoms with Crippen LogP contribution in [0.4, 0.5) is 5.82 Å². The first-order valence-corrected chi connectivity index (χ1v) is 8.57. The summed E-state index contributed by atoms with van der Waals surface area (Å²) in [4.78, 5) is 39.0. The van der Waals surface area contributed by atoms with E-state index in [4.69, 9.17) is 4.74 Å². The van der Waals surface area contributed by atoms with Gasteiger partial charge in [0.15, 0.2) is 5.82 Å². The van der Waals surface area contributed by atoms with Crippen molar-refractivity contribution in [3.8, 4) is 0 Å². The van der Waals surface area contributed by atoms with Crippen molar-refractivity contribution < 1.29 is 14.3 Å². The predicted octanol–water partition coefficient (Wildman–Crippen LogP) is 0.526. The molecule has 0 spiro atoms. The van der Waals surface area contributed by atoms with E-state index in [-0.39, 0.29) is 36.2 Å². The van der Waals surface area contributed by atoms with E-state index < -0.39 is 0 Å². The molecular weight excluding hydrogens is 334 g/mol. The molecule has 2 saturated heterocycles. The molecule has 0 bridgehead atoms. The fourth-order valence-corrected chi connectivity index (χ4v) is 3.54. The highest BCUT2D eigenvalue weighted by molar-refractivity contribution is 5.92. The highest BCUT2D eigenvalue weighted by Crippen LogP contribution is 2.34. The van der Waals surface area contributed by atoms with Crippen LogP contribution in [0.1, 0.15) is 5.69 Å². The second-order valence-corrected chi connectivity index (χ2v) is 6.52. The molecule has 1 N–H and O–H groups in total. The Labute approximate surface area is 150 Å². The third kappa shape index (κ3) is 3.41. The van der Waals surface area contributed by atoms with E-state index in [2.05, 4.69) is 20.3 Å².